The summed E-state index contributed by atoms with van der Waals surface area (Å²) >= 11 is 0. The summed E-state index contributed by atoms with van der Waals surface area (Å²) in [5.41, 5.74) is 0.225. The van der Waals surface area contributed by atoms with Crippen LogP contribution >= 0.6 is 0 Å². The number of benzene rings is 2. The van der Waals surface area contributed by atoms with Gasteiger partial charge in [0.25, 0.3) is 0 Å². The predicted molar refractivity (Wildman–Crippen MR) is 74.1 cm³/mol. The first-order valence-electron chi connectivity index (χ1n) is 6.60. The van der Waals surface area contributed by atoms with Crippen LogP contribution in [0.3, 0.4) is 0 Å². The van der Waals surface area contributed by atoms with Crippen molar-refractivity contribution in [2.45, 2.75) is 13.3 Å². The molecule has 0 amide bonds. The van der Waals surface area contributed by atoms with E-state index in [0.29, 0.717) is 5.39 Å². The van der Waals surface area contributed by atoms with Gasteiger partial charge in [-0.2, -0.15) is 0 Å². The Morgan fingerprint density at radius 2 is 1.59 bits per heavy atom. The van der Waals surface area contributed by atoms with Crippen molar-refractivity contribution in [1.82, 2.24) is 4.57 Å². The minimum Gasteiger partial charge on any atom is -0.494 e. The van der Waals surface area contributed by atoms with Crippen LogP contribution in [0.4, 0.5) is 17.6 Å². The van der Waals surface area contributed by atoms with Gasteiger partial charge in [0.1, 0.15) is 5.69 Å². The molecule has 1 N–H and O–H groups in total. The highest BCUT2D eigenvalue weighted by Crippen LogP contribution is 2.33. The predicted octanol–water partition coefficient (Wildman–Crippen LogP) is 4.45. The van der Waals surface area contributed by atoms with Crippen molar-refractivity contribution in [3.8, 4) is 11.6 Å². The Kier molecular flexibility index (Phi) is 3.31. The summed E-state index contributed by atoms with van der Waals surface area (Å²) in [6.45, 7) is 1.93. The van der Waals surface area contributed by atoms with Gasteiger partial charge in [-0.25, -0.2) is 17.6 Å². The number of aromatic nitrogens is 1. The lowest BCUT2D eigenvalue weighted by atomic mass is 10.1. The third-order valence-electron chi connectivity index (χ3n) is 3.57. The number of aryl methyl sites for hydroxylation is 1. The van der Waals surface area contributed by atoms with Gasteiger partial charge in [0, 0.05) is 17.5 Å². The number of hydrogen-bond acceptors (Lipinski definition) is 1. The average Bonchev–Trinajstić information content (AvgIpc) is 2.81. The van der Waals surface area contributed by atoms with Crippen molar-refractivity contribution in [3.05, 3.63) is 59.2 Å². The van der Waals surface area contributed by atoms with E-state index in [-0.39, 0.29) is 11.6 Å². The minimum atomic E-state index is -1.56. The van der Waals surface area contributed by atoms with Crippen LogP contribution in [0.25, 0.3) is 16.6 Å². The molecule has 3 rings (SSSR count). The molecule has 114 valence electrons. The van der Waals surface area contributed by atoms with Crippen LogP contribution in [0.5, 0.6) is 5.88 Å². The van der Waals surface area contributed by atoms with Crippen molar-refractivity contribution >= 4 is 10.9 Å². The molecule has 2 nitrogen and oxygen atoms in total. The zero-order valence-electron chi connectivity index (χ0n) is 11.5. The molecule has 0 bridgehead atoms. The molecule has 0 spiro atoms. The van der Waals surface area contributed by atoms with Crippen molar-refractivity contribution < 1.29 is 22.7 Å². The Hall–Kier alpha value is -2.50. The van der Waals surface area contributed by atoms with Gasteiger partial charge in [0.15, 0.2) is 29.1 Å². The van der Waals surface area contributed by atoms with Gasteiger partial charge in [-0.05, 0) is 24.1 Å². The fraction of sp³-hybridized carbons (Fsp3) is 0.125. The summed E-state index contributed by atoms with van der Waals surface area (Å²) in [5, 5.41) is 10.5. The summed E-state index contributed by atoms with van der Waals surface area (Å²) in [6, 6.07) is 6.40. The Labute approximate surface area is 123 Å². The van der Waals surface area contributed by atoms with E-state index in [4.69, 9.17) is 0 Å². The van der Waals surface area contributed by atoms with E-state index in [2.05, 4.69) is 0 Å². The highest BCUT2D eigenvalue weighted by molar-refractivity contribution is 5.85. The average molecular weight is 309 g/mol. The monoisotopic (exact) mass is 309 g/mol. The summed E-state index contributed by atoms with van der Waals surface area (Å²) in [6.07, 6.45) is 0.735. The quantitative estimate of drug-likeness (QED) is 0.549. The molecule has 0 atom stereocenters. The second-order valence-corrected chi connectivity index (χ2v) is 4.90. The summed E-state index contributed by atoms with van der Waals surface area (Å²) in [4.78, 5) is 0. The molecule has 3 aromatic rings. The number of aromatic hydroxyl groups is 1. The molecule has 0 aliphatic heterocycles. The molecule has 1 heterocycles. The number of hydrogen-bond donors (Lipinski definition) is 1. The SMILES string of the molecule is CCc1ccc2c(c1)cc(O)n2-c1c(F)c(F)cc(F)c1F. The molecule has 0 aliphatic rings. The zero-order valence-corrected chi connectivity index (χ0v) is 11.5. The van der Waals surface area contributed by atoms with Gasteiger partial charge in [-0.3, -0.25) is 4.57 Å². The van der Waals surface area contributed by atoms with Crippen LogP contribution in [0.1, 0.15) is 12.5 Å². The molecule has 0 fully saturated rings. The van der Waals surface area contributed by atoms with E-state index in [1.807, 2.05) is 6.92 Å². The highest BCUT2D eigenvalue weighted by atomic mass is 19.2. The summed E-state index contributed by atoms with van der Waals surface area (Å²) in [5.74, 6) is -6.69. The lowest BCUT2D eigenvalue weighted by molar-refractivity contribution is 0.421. The van der Waals surface area contributed by atoms with Crippen molar-refractivity contribution in [1.29, 1.82) is 0 Å². The normalized spacial score (nSPS) is 11.3. The third-order valence-corrected chi connectivity index (χ3v) is 3.57. The largest absolute Gasteiger partial charge is 0.494 e. The Morgan fingerprint density at radius 1 is 0.955 bits per heavy atom. The number of fused-ring (bicyclic) bond motifs is 1. The van der Waals surface area contributed by atoms with Crippen molar-refractivity contribution in [2.24, 2.45) is 0 Å². The van der Waals surface area contributed by atoms with E-state index >= 15 is 0 Å². The Morgan fingerprint density at radius 3 is 2.18 bits per heavy atom. The number of halogens is 4. The molecular weight excluding hydrogens is 298 g/mol. The first-order chi connectivity index (χ1) is 10.4. The van der Waals surface area contributed by atoms with Gasteiger partial charge in [-0.1, -0.05) is 13.0 Å². The van der Waals surface area contributed by atoms with Crippen molar-refractivity contribution in [3.63, 3.8) is 0 Å². The molecular formula is C16H11F4NO. The first-order valence-corrected chi connectivity index (χ1v) is 6.60. The maximum atomic E-state index is 13.9. The van der Waals surface area contributed by atoms with Crippen LogP contribution in [0.2, 0.25) is 0 Å². The van der Waals surface area contributed by atoms with Gasteiger partial charge < -0.3 is 5.11 Å². The minimum absolute atomic E-state index is 0.131. The maximum absolute atomic E-state index is 13.9. The molecule has 0 radical (unpaired) electrons. The zero-order chi connectivity index (χ0) is 16.0. The lowest BCUT2D eigenvalue weighted by Crippen LogP contribution is -2.06. The molecule has 2 aromatic carbocycles. The highest BCUT2D eigenvalue weighted by Gasteiger charge is 2.24. The van der Waals surface area contributed by atoms with Gasteiger partial charge in [-0.15, -0.1) is 0 Å². The van der Waals surface area contributed by atoms with Gasteiger partial charge in [0.05, 0.1) is 5.52 Å². The van der Waals surface area contributed by atoms with Gasteiger partial charge >= 0.3 is 0 Å². The van der Waals surface area contributed by atoms with Gasteiger partial charge in [0.2, 0.25) is 0 Å². The topological polar surface area (TPSA) is 25.2 Å². The van der Waals surface area contributed by atoms with Crippen LogP contribution in [-0.2, 0) is 6.42 Å². The molecule has 0 saturated carbocycles. The Balaban J connectivity index is 2.39. The molecule has 0 aliphatic carbocycles. The standard InChI is InChI=1S/C16H11F4NO/c1-2-8-3-4-12-9(5-8)6-13(22)21(12)16-14(19)10(17)7-11(18)15(16)20/h3-7,22H,2H2,1H3. The fourth-order valence-electron chi connectivity index (χ4n) is 2.46. The maximum Gasteiger partial charge on any atom is 0.196 e. The van der Waals surface area contributed by atoms with Crippen LogP contribution in [-0.4, -0.2) is 9.67 Å². The van der Waals surface area contributed by atoms with E-state index < -0.39 is 34.8 Å². The van der Waals surface area contributed by atoms with E-state index in [0.717, 1.165) is 16.6 Å². The lowest BCUT2D eigenvalue weighted by Gasteiger charge is -2.11. The van der Waals surface area contributed by atoms with Crippen molar-refractivity contribution in [2.75, 3.05) is 0 Å². The summed E-state index contributed by atoms with van der Waals surface area (Å²) in [7, 11) is 0. The number of rotatable bonds is 2. The van der Waals surface area contributed by atoms with E-state index in [1.54, 1.807) is 12.1 Å². The van der Waals surface area contributed by atoms with Crippen LogP contribution in [0, 0.1) is 23.3 Å². The fourth-order valence-corrected chi connectivity index (χ4v) is 2.46. The Bertz CT molecular complexity index is 859. The van der Waals surface area contributed by atoms with Crippen LogP contribution in [0.15, 0.2) is 30.3 Å². The van der Waals surface area contributed by atoms with E-state index in [9.17, 15) is 22.7 Å². The first kappa shape index (κ1) is 14.4. The molecule has 0 unspecified atom stereocenters. The summed E-state index contributed by atoms with van der Waals surface area (Å²) < 4.78 is 55.4. The number of nitrogens with zero attached hydrogens (tertiary/aromatic N) is 1. The molecule has 6 heteroatoms. The van der Waals surface area contributed by atoms with Crippen LogP contribution < -0.4 is 0 Å². The van der Waals surface area contributed by atoms with E-state index in [1.165, 1.54) is 12.1 Å². The second-order valence-electron chi connectivity index (χ2n) is 4.90. The smallest absolute Gasteiger partial charge is 0.196 e. The molecule has 1 aromatic heterocycles. The second kappa shape index (κ2) is 5.05. The molecule has 22 heavy (non-hydrogen) atoms. The third kappa shape index (κ3) is 2.03. The molecule has 0 saturated heterocycles.